The van der Waals surface area contributed by atoms with Crippen molar-refractivity contribution in [2.45, 2.75) is 52.0 Å². The van der Waals surface area contributed by atoms with Crippen molar-refractivity contribution in [2.75, 3.05) is 13.1 Å². The largest absolute Gasteiger partial charge is 0.299 e. The summed E-state index contributed by atoms with van der Waals surface area (Å²) in [5, 5.41) is 9.02. The predicted molar refractivity (Wildman–Crippen MR) is 65.9 cm³/mol. The Balaban J connectivity index is 1.90. The standard InChI is InChI=1S/C14H24N2/c1-11-5-6-14(8-12(11)2)16-7-3-4-13(9-15)10-16/h11-14H,3-8,10H2,1-2H3. The summed E-state index contributed by atoms with van der Waals surface area (Å²) in [6.45, 7) is 7.03. The normalized spacial score (nSPS) is 41.6. The van der Waals surface area contributed by atoms with E-state index in [2.05, 4.69) is 24.8 Å². The third kappa shape index (κ3) is 2.58. The molecule has 2 aliphatic rings. The maximum absolute atomic E-state index is 9.02. The molecule has 1 aliphatic carbocycles. The number of nitrogens with zero attached hydrogens (tertiary/aromatic N) is 2. The Morgan fingerprint density at radius 3 is 2.62 bits per heavy atom. The molecule has 0 radical (unpaired) electrons. The zero-order valence-corrected chi connectivity index (χ0v) is 10.7. The lowest BCUT2D eigenvalue weighted by Crippen LogP contribution is -2.45. The fourth-order valence-corrected chi connectivity index (χ4v) is 3.29. The Kier molecular flexibility index (Phi) is 3.86. The molecule has 1 aliphatic heterocycles. The molecule has 4 unspecified atom stereocenters. The van der Waals surface area contributed by atoms with Crippen LogP contribution in [-0.4, -0.2) is 24.0 Å². The first-order valence-electron chi connectivity index (χ1n) is 6.84. The zero-order chi connectivity index (χ0) is 11.5. The quantitative estimate of drug-likeness (QED) is 0.679. The Bertz CT molecular complexity index is 268. The third-order valence-electron chi connectivity index (χ3n) is 4.72. The van der Waals surface area contributed by atoms with E-state index in [9.17, 15) is 0 Å². The van der Waals surface area contributed by atoms with Crippen LogP contribution in [-0.2, 0) is 0 Å². The van der Waals surface area contributed by atoms with Gasteiger partial charge in [-0.15, -0.1) is 0 Å². The molecule has 0 spiro atoms. The molecule has 2 rings (SSSR count). The van der Waals surface area contributed by atoms with E-state index in [4.69, 9.17) is 5.26 Å². The van der Waals surface area contributed by atoms with E-state index >= 15 is 0 Å². The SMILES string of the molecule is CC1CCC(N2CCCC(C#N)C2)CC1C. The number of piperidine rings is 1. The van der Waals surface area contributed by atoms with Crippen LogP contribution in [0.15, 0.2) is 0 Å². The maximum atomic E-state index is 9.02. The van der Waals surface area contributed by atoms with E-state index in [0.717, 1.165) is 30.8 Å². The van der Waals surface area contributed by atoms with Crippen LogP contribution in [0, 0.1) is 29.1 Å². The lowest BCUT2D eigenvalue weighted by molar-refractivity contribution is 0.0799. The molecular formula is C14H24N2. The summed E-state index contributed by atoms with van der Waals surface area (Å²) in [6.07, 6.45) is 6.41. The summed E-state index contributed by atoms with van der Waals surface area (Å²) in [6, 6.07) is 3.22. The van der Waals surface area contributed by atoms with Crippen LogP contribution in [0.3, 0.4) is 0 Å². The first-order valence-corrected chi connectivity index (χ1v) is 6.84. The minimum Gasteiger partial charge on any atom is -0.299 e. The van der Waals surface area contributed by atoms with E-state index in [0.29, 0.717) is 5.92 Å². The van der Waals surface area contributed by atoms with Crippen molar-refractivity contribution in [3.8, 4) is 6.07 Å². The van der Waals surface area contributed by atoms with Gasteiger partial charge in [0.05, 0.1) is 12.0 Å². The molecule has 0 aromatic carbocycles. The Hall–Kier alpha value is -0.550. The Labute approximate surface area is 99.6 Å². The van der Waals surface area contributed by atoms with E-state index in [-0.39, 0.29) is 0 Å². The van der Waals surface area contributed by atoms with Gasteiger partial charge in [0.2, 0.25) is 0 Å². The highest BCUT2D eigenvalue weighted by Gasteiger charge is 2.31. The van der Waals surface area contributed by atoms with Gasteiger partial charge in [-0.3, -0.25) is 4.90 Å². The van der Waals surface area contributed by atoms with Gasteiger partial charge in [0.25, 0.3) is 0 Å². The lowest BCUT2D eigenvalue weighted by atomic mass is 9.78. The van der Waals surface area contributed by atoms with Crippen LogP contribution in [0.2, 0.25) is 0 Å². The minimum absolute atomic E-state index is 0.295. The molecule has 16 heavy (non-hydrogen) atoms. The van der Waals surface area contributed by atoms with Gasteiger partial charge in [-0.1, -0.05) is 13.8 Å². The van der Waals surface area contributed by atoms with Gasteiger partial charge in [-0.2, -0.15) is 5.26 Å². The molecule has 0 bridgehead atoms. The summed E-state index contributed by atoms with van der Waals surface area (Å²) in [4.78, 5) is 2.60. The summed E-state index contributed by atoms with van der Waals surface area (Å²) in [5.41, 5.74) is 0. The zero-order valence-electron chi connectivity index (χ0n) is 10.7. The topological polar surface area (TPSA) is 27.0 Å². The first kappa shape index (κ1) is 11.9. The highest BCUT2D eigenvalue weighted by atomic mass is 15.2. The van der Waals surface area contributed by atoms with Gasteiger partial charge in [0.15, 0.2) is 0 Å². The second-order valence-corrected chi connectivity index (χ2v) is 5.88. The van der Waals surface area contributed by atoms with E-state index in [1.54, 1.807) is 0 Å². The maximum Gasteiger partial charge on any atom is 0.0669 e. The third-order valence-corrected chi connectivity index (χ3v) is 4.72. The molecule has 4 atom stereocenters. The monoisotopic (exact) mass is 220 g/mol. The van der Waals surface area contributed by atoms with Crippen LogP contribution in [0.1, 0.15) is 46.0 Å². The number of likely N-dealkylation sites (tertiary alicyclic amines) is 1. The van der Waals surface area contributed by atoms with Crippen molar-refractivity contribution in [1.82, 2.24) is 4.90 Å². The number of rotatable bonds is 1. The highest BCUT2D eigenvalue weighted by molar-refractivity contribution is 4.92. The molecule has 0 aromatic rings. The minimum atomic E-state index is 0.295. The van der Waals surface area contributed by atoms with Crippen LogP contribution >= 0.6 is 0 Å². The van der Waals surface area contributed by atoms with Gasteiger partial charge in [0, 0.05) is 12.6 Å². The van der Waals surface area contributed by atoms with Gasteiger partial charge < -0.3 is 0 Å². The molecule has 2 nitrogen and oxygen atoms in total. The fourth-order valence-electron chi connectivity index (χ4n) is 3.29. The molecule has 90 valence electrons. The van der Waals surface area contributed by atoms with E-state index in [1.165, 1.54) is 32.2 Å². The number of nitriles is 1. The Morgan fingerprint density at radius 1 is 1.12 bits per heavy atom. The lowest BCUT2D eigenvalue weighted by Gasteiger charge is -2.42. The van der Waals surface area contributed by atoms with Gasteiger partial charge in [0.1, 0.15) is 0 Å². The molecule has 1 saturated heterocycles. The average Bonchev–Trinajstić information content (AvgIpc) is 2.33. The van der Waals surface area contributed by atoms with Crippen LogP contribution in [0.5, 0.6) is 0 Å². The molecule has 2 heteroatoms. The van der Waals surface area contributed by atoms with Gasteiger partial charge in [-0.05, 0) is 50.5 Å². The van der Waals surface area contributed by atoms with Crippen molar-refractivity contribution < 1.29 is 0 Å². The summed E-state index contributed by atoms with van der Waals surface area (Å²) in [5.74, 6) is 2.05. The summed E-state index contributed by atoms with van der Waals surface area (Å²) < 4.78 is 0. The second kappa shape index (κ2) is 5.19. The highest BCUT2D eigenvalue weighted by Crippen LogP contribution is 2.33. The molecule has 0 aromatic heterocycles. The predicted octanol–water partition coefficient (Wildman–Crippen LogP) is 3.05. The average molecular weight is 220 g/mol. The Morgan fingerprint density at radius 2 is 1.94 bits per heavy atom. The van der Waals surface area contributed by atoms with E-state index < -0.39 is 0 Å². The molecule has 0 N–H and O–H groups in total. The first-order chi connectivity index (χ1) is 7.70. The van der Waals surface area contributed by atoms with E-state index in [1.807, 2.05) is 0 Å². The number of hydrogen-bond donors (Lipinski definition) is 0. The smallest absolute Gasteiger partial charge is 0.0669 e. The number of hydrogen-bond acceptors (Lipinski definition) is 2. The molecular weight excluding hydrogens is 196 g/mol. The molecule has 1 heterocycles. The van der Waals surface area contributed by atoms with Crippen molar-refractivity contribution in [3.05, 3.63) is 0 Å². The van der Waals surface area contributed by atoms with Crippen molar-refractivity contribution >= 4 is 0 Å². The molecule has 2 fully saturated rings. The summed E-state index contributed by atoms with van der Waals surface area (Å²) in [7, 11) is 0. The van der Waals surface area contributed by atoms with Gasteiger partial charge in [-0.25, -0.2) is 0 Å². The van der Waals surface area contributed by atoms with Crippen molar-refractivity contribution in [2.24, 2.45) is 17.8 Å². The summed E-state index contributed by atoms with van der Waals surface area (Å²) >= 11 is 0. The van der Waals surface area contributed by atoms with Gasteiger partial charge >= 0.3 is 0 Å². The molecule has 0 amide bonds. The second-order valence-electron chi connectivity index (χ2n) is 5.88. The molecule has 1 saturated carbocycles. The van der Waals surface area contributed by atoms with Crippen molar-refractivity contribution in [3.63, 3.8) is 0 Å². The fraction of sp³-hybridized carbons (Fsp3) is 0.929. The van der Waals surface area contributed by atoms with Crippen LogP contribution in [0.25, 0.3) is 0 Å². The van der Waals surface area contributed by atoms with Crippen LogP contribution < -0.4 is 0 Å². The van der Waals surface area contributed by atoms with Crippen LogP contribution in [0.4, 0.5) is 0 Å². The van der Waals surface area contributed by atoms with Crippen molar-refractivity contribution in [1.29, 1.82) is 5.26 Å².